The van der Waals surface area contributed by atoms with Crippen molar-refractivity contribution in [3.8, 4) is 5.75 Å². The van der Waals surface area contributed by atoms with Crippen LogP contribution >= 0.6 is 0 Å². The van der Waals surface area contributed by atoms with Crippen LogP contribution in [-0.4, -0.2) is 31.6 Å². The molecule has 2 rings (SSSR count). The van der Waals surface area contributed by atoms with E-state index in [1.54, 1.807) is 6.07 Å². The zero-order chi connectivity index (χ0) is 11.4. The topological polar surface area (TPSA) is 61.6 Å². The van der Waals surface area contributed by atoms with E-state index in [4.69, 9.17) is 15.2 Å². The van der Waals surface area contributed by atoms with Crippen LogP contribution < -0.4 is 10.5 Å². The summed E-state index contributed by atoms with van der Waals surface area (Å²) in [6.45, 7) is 1.55. The van der Waals surface area contributed by atoms with E-state index >= 15 is 0 Å². The van der Waals surface area contributed by atoms with Crippen LogP contribution in [0, 0.1) is 0 Å². The van der Waals surface area contributed by atoms with Crippen LogP contribution in [0.1, 0.15) is 16.8 Å². The van der Waals surface area contributed by atoms with E-state index in [0.717, 1.165) is 0 Å². The normalized spacial score (nSPS) is 15.6. The van der Waals surface area contributed by atoms with Gasteiger partial charge in [0.1, 0.15) is 11.9 Å². The summed E-state index contributed by atoms with van der Waals surface area (Å²) < 4.78 is 10.7. The highest BCUT2D eigenvalue weighted by molar-refractivity contribution is 5.98. The summed E-state index contributed by atoms with van der Waals surface area (Å²) in [5.74, 6) is 0.660. The molecule has 0 unspecified atom stereocenters. The fourth-order valence-corrected chi connectivity index (χ4v) is 1.53. The Morgan fingerprint density at radius 3 is 2.81 bits per heavy atom. The predicted molar refractivity (Wildman–Crippen MR) is 59.7 cm³/mol. The summed E-state index contributed by atoms with van der Waals surface area (Å²) in [4.78, 5) is 11.8. The SMILES string of the molecule is NCCC(=O)c1ccccc1OC1COC1. The van der Waals surface area contributed by atoms with Gasteiger partial charge in [-0.1, -0.05) is 12.1 Å². The number of nitrogens with two attached hydrogens (primary N) is 1. The first kappa shape index (κ1) is 11.1. The number of carbonyl (C=O) groups is 1. The number of rotatable bonds is 5. The first-order valence-electron chi connectivity index (χ1n) is 5.38. The van der Waals surface area contributed by atoms with Gasteiger partial charge in [-0.15, -0.1) is 0 Å². The molecular weight excluding hydrogens is 206 g/mol. The van der Waals surface area contributed by atoms with Gasteiger partial charge in [-0.05, 0) is 18.7 Å². The molecule has 1 aromatic rings. The fraction of sp³-hybridized carbons (Fsp3) is 0.417. The van der Waals surface area contributed by atoms with Gasteiger partial charge in [-0.25, -0.2) is 0 Å². The zero-order valence-corrected chi connectivity index (χ0v) is 9.02. The van der Waals surface area contributed by atoms with E-state index in [9.17, 15) is 4.79 Å². The number of Topliss-reactive ketones (excluding diaryl/α,β-unsaturated/α-hetero) is 1. The fourth-order valence-electron chi connectivity index (χ4n) is 1.53. The lowest BCUT2D eigenvalue weighted by molar-refractivity contribution is -0.0798. The summed E-state index contributed by atoms with van der Waals surface area (Å²) in [6.07, 6.45) is 0.425. The second-order valence-corrected chi connectivity index (χ2v) is 3.74. The molecule has 1 heterocycles. The number of carbonyl (C=O) groups excluding carboxylic acids is 1. The Hall–Kier alpha value is -1.39. The van der Waals surface area contributed by atoms with E-state index < -0.39 is 0 Å². The Balaban J connectivity index is 2.12. The van der Waals surface area contributed by atoms with Gasteiger partial charge in [-0.2, -0.15) is 0 Å². The van der Waals surface area contributed by atoms with Crippen molar-refractivity contribution in [1.82, 2.24) is 0 Å². The standard InChI is InChI=1S/C12H15NO3/c13-6-5-11(14)10-3-1-2-4-12(10)16-9-7-15-8-9/h1-4,9H,5-8,13H2. The largest absolute Gasteiger partial charge is 0.485 e. The Bertz CT molecular complexity index is 374. The van der Waals surface area contributed by atoms with Gasteiger partial charge in [-0.3, -0.25) is 4.79 Å². The third kappa shape index (κ3) is 2.40. The molecule has 2 N–H and O–H groups in total. The molecule has 0 radical (unpaired) electrons. The van der Waals surface area contributed by atoms with E-state index in [2.05, 4.69) is 0 Å². The average Bonchev–Trinajstić information content (AvgIpc) is 2.24. The molecule has 0 bridgehead atoms. The van der Waals surface area contributed by atoms with Crippen molar-refractivity contribution in [2.24, 2.45) is 5.73 Å². The van der Waals surface area contributed by atoms with Gasteiger partial charge in [0.15, 0.2) is 5.78 Å². The van der Waals surface area contributed by atoms with E-state index in [1.807, 2.05) is 18.2 Å². The van der Waals surface area contributed by atoms with Crippen molar-refractivity contribution < 1.29 is 14.3 Å². The van der Waals surface area contributed by atoms with Crippen LogP contribution in [0.15, 0.2) is 24.3 Å². The second kappa shape index (κ2) is 5.09. The van der Waals surface area contributed by atoms with Crippen LogP contribution in [0.2, 0.25) is 0 Å². The quantitative estimate of drug-likeness (QED) is 0.753. The monoisotopic (exact) mass is 221 g/mol. The van der Waals surface area contributed by atoms with Gasteiger partial charge in [0.05, 0.1) is 18.8 Å². The third-order valence-corrected chi connectivity index (χ3v) is 2.46. The molecule has 86 valence electrons. The zero-order valence-electron chi connectivity index (χ0n) is 9.02. The number of para-hydroxylation sites is 1. The van der Waals surface area contributed by atoms with E-state index in [0.29, 0.717) is 37.5 Å². The molecular formula is C12H15NO3. The summed E-state index contributed by atoms with van der Waals surface area (Å²) in [5, 5.41) is 0. The molecule has 16 heavy (non-hydrogen) atoms. The Morgan fingerprint density at radius 2 is 2.19 bits per heavy atom. The minimum atomic E-state index is 0.0262. The third-order valence-electron chi connectivity index (χ3n) is 2.46. The van der Waals surface area contributed by atoms with Crippen LogP contribution in [0.4, 0.5) is 0 Å². The lowest BCUT2D eigenvalue weighted by atomic mass is 10.1. The highest BCUT2D eigenvalue weighted by atomic mass is 16.6. The van der Waals surface area contributed by atoms with Crippen molar-refractivity contribution in [3.05, 3.63) is 29.8 Å². The van der Waals surface area contributed by atoms with Crippen molar-refractivity contribution in [2.45, 2.75) is 12.5 Å². The first-order valence-corrected chi connectivity index (χ1v) is 5.38. The number of hydrogen-bond acceptors (Lipinski definition) is 4. The number of ether oxygens (including phenoxy) is 2. The molecule has 1 aliphatic heterocycles. The molecule has 1 fully saturated rings. The molecule has 1 saturated heterocycles. The van der Waals surface area contributed by atoms with Crippen molar-refractivity contribution >= 4 is 5.78 Å². The summed E-state index contributed by atoms with van der Waals surface area (Å²) in [7, 11) is 0. The molecule has 0 saturated carbocycles. The summed E-state index contributed by atoms with van der Waals surface area (Å²) in [6, 6.07) is 7.26. The van der Waals surface area contributed by atoms with E-state index in [-0.39, 0.29) is 11.9 Å². The highest BCUT2D eigenvalue weighted by Gasteiger charge is 2.22. The molecule has 1 aromatic carbocycles. The van der Waals surface area contributed by atoms with Crippen molar-refractivity contribution in [3.63, 3.8) is 0 Å². The molecule has 0 atom stereocenters. The van der Waals surface area contributed by atoms with Gasteiger partial charge in [0.2, 0.25) is 0 Å². The number of benzene rings is 1. The number of ketones is 1. The Kier molecular flexibility index (Phi) is 3.54. The maximum atomic E-state index is 11.8. The van der Waals surface area contributed by atoms with E-state index in [1.165, 1.54) is 0 Å². The van der Waals surface area contributed by atoms with Gasteiger partial charge < -0.3 is 15.2 Å². The average molecular weight is 221 g/mol. The van der Waals surface area contributed by atoms with Crippen LogP contribution in [0.5, 0.6) is 5.75 Å². The second-order valence-electron chi connectivity index (χ2n) is 3.74. The highest BCUT2D eigenvalue weighted by Crippen LogP contribution is 2.22. The summed E-state index contributed by atoms with van der Waals surface area (Å²) in [5.41, 5.74) is 5.98. The van der Waals surface area contributed by atoms with Gasteiger partial charge in [0, 0.05) is 6.42 Å². The minimum absolute atomic E-state index is 0.0262. The Labute approximate surface area is 94.3 Å². The minimum Gasteiger partial charge on any atom is -0.485 e. The predicted octanol–water partition coefficient (Wildman–Crippen LogP) is 0.996. The van der Waals surface area contributed by atoms with Crippen molar-refractivity contribution in [1.29, 1.82) is 0 Å². The van der Waals surface area contributed by atoms with Crippen LogP contribution in [0.3, 0.4) is 0 Å². The van der Waals surface area contributed by atoms with Crippen LogP contribution in [0.25, 0.3) is 0 Å². The molecule has 1 aliphatic rings. The molecule has 4 nitrogen and oxygen atoms in total. The molecule has 4 heteroatoms. The molecule has 0 aromatic heterocycles. The maximum absolute atomic E-state index is 11.8. The first-order chi connectivity index (χ1) is 7.81. The summed E-state index contributed by atoms with van der Waals surface area (Å²) >= 11 is 0. The molecule has 0 aliphatic carbocycles. The lowest BCUT2D eigenvalue weighted by Crippen LogP contribution is -2.38. The Morgan fingerprint density at radius 1 is 1.44 bits per heavy atom. The van der Waals surface area contributed by atoms with Crippen LogP contribution in [-0.2, 0) is 4.74 Å². The van der Waals surface area contributed by atoms with Gasteiger partial charge >= 0.3 is 0 Å². The maximum Gasteiger partial charge on any atom is 0.167 e. The molecule has 0 amide bonds. The lowest BCUT2D eigenvalue weighted by Gasteiger charge is -2.27. The van der Waals surface area contributed by atoms with Crippen molar-refractivity contribution in [2.75, 3.05) is 19.8 Å². The van der Waals surface area contributed by atoms with Gasteiger partial charge in [0.25, 0.3) is 0 Å². The smallest absolute Gasteiger partial charge is 0.167 e. The number of hydrogen-bond donors (Lipinski definition) is 1. The molecule has 0 spiro atoms.